The first-order valence-corrected chi connectivity index (χ1v) is 9.93. The molecular formula is C17H14F4N4O4S. The number of nitrogens with one attached hydrogen (secondary N) is 3. The minimum absolute atomic E-state index is 0.150. The number of rotatable bonds is 7. The summed E-state index contributed by atoms with van der Waals surface area (Å²) in [6.45, 7) is -0.320. The predicted octanol–water partition coefficient (Wildman–Crippen LogP) is 2.74. The van der Waals surface area contributed by atoms with Crippen LogP contribution in [0.2, 0.25) is 0 Å². The molecule has 1 heterocycles. The van der Waals surface area contributed by atoms with Gasteiger partial charge in [-0.3, -0.25) is 9.71 Å². The van der Waals surface area contributed by atoms with Crippen LogP contribution in [0.25, 0.3) is 11.4 Å². The van der Waals surface area contributed by atoms with Crippen molar-refractivity contribution in [3.05, 3.63) is 64.3 Å². The Morgan fingerprint density at radius 1 is 1.10 bits per heavy atom. The zero-order chi connectivity index (χ0) is 21.9. The number of aromatic nitrogens is 3. The maximum absolute atomic E-state index is 13.2. The molecule has 0 radical (unpaired) electrons. The lowest BCUT2D eigenvalue weighted by atomic mass is 10.1. The summed E-state index contributed by atoms with van der Waals surface area (Å²) >= 11 is 0. The summed E-state index contributed by atoms with van der Waals surface area (Å²) in [7, 11) is -4.09. The molecule has 0 aliphatic rings. The number of nitrogens with zero attached hydrogens (tertiary/aromatic N) is 1. The molecule has 13 heteroatoms. The number of benzene rings is 2. The minimum atomic E-state index is -4.77. The topological polar surface area (TPSA) is 117 Å². The lowest BCUT2D eigenvalue weighted by Gasteiger charge is -2.13. The number of alkyl halides is 3. The van der Waals surface area contributed by atoms with Gasteiger partial charge in [0.25, 0.3) is 0 Å². The van der Waals surface area contributed by atoms with Gasteiger partial charge in [-0.25, -0.2) is 22.7 Å². The number of hydrogen-bond donors (Lipinski definition) is 3. The third-order valence-corrected chi connectivity index (χ3v) is 4.99. The van der Waals surface area contributed by atoms with E-state index in [9.17, 15) is 30.8 Å². The average molecular weight is 446 g/mol. The molecule has 0 atom stereocenters. The second kappa shape index (κ2) is 8.18. The molecule has 0 bridgehead atoms. The molecule has 0 amide bonds. The van der Waals surface area contributed by atoms with Gasteiger partial charge in [0.1, 0.15) is 23.9 Å². The number of sulfonamides is 1. The standard InChI is InChI=1S/C17H14F4N4O4S/c18-12-1-3-14(4-2-12)29-5-6-30(27,28)25-13-8-10(15-22-16(26)24-23-15)7-11(9-13)17(19,20)21/h1-4,7-9,25H,5-6H2,(H2,22,23,24,26). The van der Waals surface area contributed by atoms with Crippen molar-refractivity contribution in [2.45, 2.75) is 6.18 Å². The van der Waals surface area contributed by atoms with E-state index < -0.39 is 39.0 Å². The van der Waals surface area contributed by atoms with Crippen LogP contribution in [0.5, 0.6) is 5.75 Å². The molecule has 1 aromatic heterocycles. The van der Waals surface area contributed by atoms with Gasteiger partial charge in [0.05, 0.1) is 5.56 Å². The monoisotopic (exact) mass is 446 g/mol. The molecule has 3 aromatic rings. The maximum Gasteiger partial charge on any atom is 0.416 e. The fourth-order valence-electron chi connectivity index (χ4n) is 2.42. The van der Waals surface area contributed by atoms with Gasteiger partial charge in [-0.05, 0) is 42.5 Å². The van der Waals surface area contributed by atoms with Crippen LogP contribution in [0.1, 0.15) is 5.56 Å². The number of H-pyrrole nitrogens is 2. The molecule has 0 saturated heterocycles. The summed E-state index contributed by atoms with van der Waals surface area (Å²) in [4.78, 5) is 13.4. The predicted molar refractivity (Wildman–Crippen MR) is 99.0 cm³/mol. The molecule has 0 unspecified atom stereocenters. The van der Waals surface area contributed by atoms with Gasteiger partial charge in [-0.15, -0.1) is 0 Å². The summed E-state index contributed by atoms with van der Waals surface area (Å²) in [6.07, 6.45) is -4.77. The van der Waals surface area contributed by atoms with Crippen molar-refractivity contribution in [1.82, 2.24) is 15.2 Å². The van der Waals surface area contributed by atoms with E-state index in [1.54, 1.807) is 0 Å². The summed E-state index contributed by atoms with van der Waals surface area (Å²) in [6, 6.07) is 7.31. The van der Waals surface area contributed by atoms with Gasteiger partial charge in [0, 0.05) is 11.3 Å². The van der Waals surface area contributed by atoms with Crippen LogP contribution in [-0.4, -0.2) is 36.0 Å². The molecule has 2 aromatic carbocycles. The largest absolute Gasteiger partial charge is 0.492 e. The smallest absolute Gasteiger partial charge is 0.416 e. The molecule has 0 spiro atoms. The van der Waals surface area contributed by atoms with Gasteiger partial charge in [0.2, 0.25) is 10.0 Å². The number of ether oxygens (including phenoxy) is 1. The first-order valence-electron chi connectivity index (χ1n) is 8.28. The number of anilines is 1. The van der Waals surface area contributed by atoms with E-state index in [1.807, 2.05) is 9.82 Å². The van der Waals surface area contributed by atoms with E-state index in [2.05, 4.69) is 10.1 Å². The number of aromatic amines is 2. The lowest BCUT2D eigenvalue weighted by molar-refractivity contribution is -0.137. The van der Waals surface area contributed by atoms with Gasteiger partial charge in [-0.2, -0.15) is 18.3 Å². The minimum Gasteiger partial charge on any atom is -0.492 e. The Morgan fingerprint density at radius 3 is 2.40 bits per heavy atom. The van der Waals surface area contributed by atoms with Crippen molar-refractivity contribution in [3.8, 4) is 17.1 Å². The van der Waals surface area contributed by atoms with Crippen molar-refractivity contribution in [2.75, 3.05) is 17.1 Å². The molecule has 30 heavy (non-hydrogen) atoms. The van der Waals surface area contributed by atoms with E-state index in [-0.39, 0.29) is 29.4 Å². The first kappa shape index (κ1) is 21.4. The summed E-state index contributed by atoms with van der Waals surface area (Å²) in [5.74, 6) is -1.02. The molecule has 8 nitrogen and oxygen atoms in total. The second-order valence-corrected chi connectivity index (χ2v) is 7.89. The summed E-state index contributed by atoms with van der Waals surface area (Å²) < 4.78 is 84.2. The molecule has 3 N–H and O–H groups in total. The van der Waals surface area contributed by atoms with E-state index in [0.29, 0.717) is 6.07 Å². The maximum atomic E-state index is 13.2. The van der Waals surface area contributed by atoms with Crippen LogP contribution in [0, 0.1) is 5.82 Å². The van der Waals surface area contributed by atoms with E-state index in [1.165, 1.54) is 12.1 Å². The van der Waals surface area contributed by atoms with Crippen molar-refractivity contribution >= 4 is 15.7 Å². The van der Waals surface area contributed by atoms with Gasteiger partial charge >= 0.3 is 11.9 Å². The number of halogens is 4. The highest BCUT2D eigenvalue weighted by molar-refractivity contribution is 7.92. The van der Waals surface area contributed by atoms with Crippen molar-refractivity contribution in [1.29, 1.82) is 0 Å². The molecule has 0 aliphatic heterocycles. The molecule has 160 valence electrons. The highest BCUT2D eigenvalue weighted by atomic mass is 32.2. The first-order chi connectivity index (χ1) is 14.0. The quantitative estimate of drug-likeness (QED) is 0.483. The summed E-state index contributed by atoms with van der Waals surface area (Å²) in [5.41, 5.74) is -2.39. The second-order valence-electron chi connectivity index (χ2n) is 6.05. The van der Waals surface area contributed by atoms with Crippen LogP contribution < -0.4 is 15.1 Å². The molecule has 3 rings (SSSR count). The number of hydrogen-bond acceptors (Lipinski definition) is 5. The Hall–Kier alpha value is -3.35. The van der Waals surface area contributed by atoms with Gasteiger partial charge in [0.15, 0.2) is 5.82 Å². The fraction of sp³-hybridized carbons (Fsp3) is 0.176. The third kappa shape index (κ3) is 5.59. The van der Waals surface area contributed by atoms with Crippen LogP contribution in [0.15, 0.2) is 47.3 Å². The Bertz CT molecular complexity index is 1190. The zero-order valence-electron chi connectivity index (χ0n) is 15.0. The lowest BCUT2D eigenvalue weighted by Crippen LogP contribution is -2.21. The SMILES string of the molecule is O=c1[nH]nc(-c2cc(NS(=O)(=O)CCOc3ccc(F)cc3)cc(C(F)(F)F)c2)[nH]1. The zero-order valence-corrected chi connectivity index (χ0v) is 15.8. The van der Waals surface area contributed by atoms with Crippen LogP contribution in [-0.2, 0) is 16.2 Å². The average Bonchev–Trinajstić information content (AvgIpc) is 3.08. The fourth-order valence-corrected chi connectivity index (χ4v) is 3.31. The Morgan fingerprint density at radius 2 is 1.80 bits per heavy atom. The Kier molecular flexibility index (Phi) is 5.82. The van der Waals surface area contributed by atoms with Crippen LogP contribution >= 0.6 is 0 Å². The van der Waals surface area contributed by atoms with Crippen molar-refractivity contribution in [3.63, 3.8) is 0 Å². The Labute approximate surface area is 167 Å². The molecule has 0 saturated carbocycles. The Balaban J connectivity index is 1.78. The van der Waals surface area contributed by atoms with Crippen LogP contribution in [0.4, 0.5) is 23.2 Å². The molecule has 0 fully saturated rings. The highest BCUT2D eigenvalue weighted by Crippen LogP contribution is 2.34. The van der Waals surface area contributed by atoms with Crippen LogP contribution in [0.3, 0.4) is 0 Å². The van der Waals surface area contributed by atoms with Crippen molar-refractivity contribution < 1.29 is 30.7 Å². The third-order valence-electron chi connectivity index (χ3n) is 3.74. The van der Waals surface area contributed by atoms with E-state index in [0.717, 1.165) is 24.3 Å². The molecular weight excluding hydrogens is 432 g/mol. The van der Waals surface area contributed by atoms with Crippen molar-refractivity contribution in [2.24, 2.45) is 0 Å². The summed E-state index contributed by atoms with van der Waals surface area (Å²) in [5, 5.41) is 5.57. The highest BCUT2D eigenvalue weighted by Gasteiger charge is 2.32. The normalized spacial score (nSPS) is 12.0. The van der Waals surface area contributed by atoms with E-state index >= 15 is 0 Å². The molecule has 0 aliphatic carbocycles. The van der Waals surface area contributed by atoms with Gasteiger partial charge < -0.3 is 4.74 Å². The van der Waals surface area contributed by atoms with Gasteiger partial charge in [-0.1, -0.05) is 0 Å². The van der Waals surface area contributed by atoms with E-state index in [4.69, 9.17) is 4.74 Å².